The molecule has 19 heavy (non-hydrogen) atoms. The summed E-state index contributed by atoms with van der Waals surface area (Å²) in [4.78, 5) is 18.2. The molecule has 1 N–H and O–H groups in total. The maximum atomic E-state index is 12.3. The molecule has 0 spiro atoms. The van der Waals surface area contributed by atoms with Gasteiger partial charge in [-0.2, -0.15) is 0 Å². The second-order valence-corrected chi connectivity index (χ2v) is 4.35. The van der Waals surface area contributed by atoms with Gasteiger partial charge in [0.1, 0.15) is 5.69 Å². The summed E-state index contributed by atoms with van der Waals surface area (Å²) in [5.74, 6) is 5.58. The number of aliphatic hydroxyl groups excluding tert-OH is 1. The van der Waals surface area contributed by atoms with E-state index >= 15 is 0 Å². The summed E-state index contributed by atoms with van der Waals surface area (Å²) in [6, 6.07) is 3.69. The molecule has 0 saturated heterocycles. The van der Waals surface area contributed by atoms with Crippen molar-refractivity contribution in [3.63, 3.8) is 0 Å². The molecule has 1 atom stereocenters. The largest absolute Gasteiger partial charge is 0.395 e. The number of carbonyl (C=O) groups is 1. The minimum absolute atomic E-state index is 0.0172. The van der Waals surface area contributed by atoms with Crippen molar-refractivity contribution >= 4 is 5.91 Å². The average Bonchev–Trinajstić information content (AvgIpc) is 2.45. The number of rotatable bonds is 4. The second-order valence-electron chi connectivity index (χ2n) is 4.35. The molecule has 0 bridgehead atoms. The van der Waals surface area contributed by atoms with E-state index in [1.165, 1.54) is 0 Å². The van der Waals surface area contributed by atoms with Crippen molar-refractivity contribution in [2.24, 2.45) is 0 Å². The van der Waals surface area contributed by atoms with Gasteiger partial charge in [-0.15, -0.1) is 0 Å². The molecule has 1 aromatic rings. The minimum Gasteiger partial charge on any atom is -0.395 e. The molecule has 0 fully saturated rings. The summed E-state index contributed by atoms with van der Waals surface area (Å²) in [5.41, 5.74) is 0.979. The maximum Gasteiger partial charge on any atom is 0.273 e. The molecule has 0 saturated carbocycles. The Morgan fingerprint density at radius 1 is 1.58 bits per heavy atom. The van der Waals surface area contributed by atoms with Crippen molar-refractivity contribution < 1.29 is 9.90 Å². The van der Waals surface area contributed by atoms with E-state index in [0.717, 1.165) is 6.42 Å². The molecule has 0 aliphatic carbocycles. The first kappa shape index (κ1) is 15.2. The monoisotopic (exact) mass is 260 g/mol. The van der Waals surface area contributed by atoms with Gasteiger partial charge in [0.05, 0.1) is 12.2 Å². The van der Waals surface area contributed by atoms with Gasteiger partial charge in [-0.25, -0.2) is 4.98 Å². The highest BCUT2D eigenvalue weighted by atomic mass is 16.2. The van der Waals surface area contributed by atoms with Crippen molar-refractivity contribution in [3.05, 3.63) is 29.6 Å². The van der Waals surface area contributed by atoms with Gasteiger partial charge in [-0.1, -0.05) is 18.8 Å². The fourth-order valence-electron chi connectivity index (χ4n) is 1.53. The fraction of sp³-hybridized carbons (Fsp3) is 0.467. The Bertz CT molecular complexity index is 488. The highest BCUT2D eigenvalue weighted by molar-refractivity contribution is 5.94. The van der Waals surface area contributed by atoms with Crippen molar-refractivity contribution in [1.82, 2.24) is 9.88 Å². The Labute approximate surface area is 114 Å². The molecule has 0 aliphatic rings. The predicted molar refractivity (Wildman–Crippen MR) is 74.7 cm³/mol. The van der Waals surface area contributed by atoms with Crippen LogP contribution in [0.2, 0.25) is 0 Å². The average molecular weight is 260 g/mol. The molecule has 4 nitrogen and oxygen atoms in total. The first-order valence-electron chi connectivity index (χ1n) is 6.43. The number of aromatic nitrogens is 1. The molecular formula is C15H20N2O2. The van der Waals surface area contributed by atoms with E-state index in [-0.39, 0.29) is 18.6 Å². The number of hydrogen-bond acceptors (Lipinski definition) is 3. The SMILES string of the molecule is CCC(C)N(C)C(=O)c1ncccc1C#CCCO. The van der Waals surface area contributed by atoms with Crippen LogP contribution >= 0.6 is 0 Å². The van der Waals surface area contributed by atoms with Gasteiger partial charge in [0.15, 0.2) is 0 Å². The first-order valence-corrected chi connectivity index (χ1v) is 6.43. The lowest BCUT2D eigenvalue weighted by Gasteiger charge is -2.23. The van der Waals surface area contributed by atoms with Gasteiger partial charge < -0.3 is 10.0 Å². The number of pyridine rings is 1. The Morgan fingerprint density at radius 3 is 2.95 bits per heavy atom. The maximum absolute atomic E-state index is 12.3. The van der Waals surface area contributed by atoms with Crippen LogP contribution in [0, 0.1) is 11.8 Å². The van der Waals surface area contributed by atoms with Crippen molar-refractivity contribution in [2.45, 2.75) is 32.7 Å². The summed E-state index contributed by atoms with van der Waals surface area (Å²) in [6.07, 6.45) is 2.87. The van der Waals surface area contributed by atoms with Gasteiger partial charge in [0.25, 0.3) is 5.91 Å². The number of hydrogen-bond donors (Lipinski definition) is 1. The van der Waals surface area contributed by atoms with Crippen LogP contribution in [0.25, 0.3) is 0 Å². The van der Waals surface area contributed by atoms with E-state index in [4.69, 9.17) is 5.11 Å². The number of nitrogens with zero attached hydrogens (tertiary/aromatic N) is 2. The Kier molecular flexibility index (Phi) is 6.04. The van der Waals surface area contributed by atoms with Crippen LogP contribution in [0.5, 0.6) is 0 Å². The van der Waals surface area contributed by atoms with E-state index < -0.39 is 0 Å². The molecule has 0 radical (unpaired) electrons. The van der Waals surface area contributed by atoms with Gasteiger partial charge in [0, 0.05) is 25.7 Å². The lowest BCUT2D eigenvalue weighted by molar-refractivity contribution is 0.0734. The Hall–Kier alpha value is -1.86. The van der Waals surface area contributed by atoms with E-state index in [1.807, 2.05) is 13.8 Å². The van der Waals surface area contributed by atoms with Gasteiger partial charge in [-0.05, 0) is 25.5 Å². The number of aliphatic hydroxyl groups is 1. The number of amides is 1. The third-order valence-electron chi connectivity index (χ3n) is 3.04. The summed E-state index contributed by atoms with van der Waals surface area (Å²) in [7, 11) is 1.77. The smallest absolute Gasteiger partial charge is 0.273 e. The lowest BCUT2D eigenvalue weighted by atomic mass is 10.1. The number of carbonyl (C=O) groups excluding carboxylic acids is 1. The molecule has 102 valence electrons. The quantitative estimate of drug-likeness (QED) is 0.838. The Balaban J connectivity index is 3.01. The van der Waals surface area contributed by atoms with Crippen LogP contribution in [0.3, 0.4) is 0 Å². The van der Waals surface area contributed by atoms with Crippen LogP contribution in [0.15, 0.2) is 18.3 Å². The molecule has 1 unspecified atom stereocenters. The first-order chi connectivity index (χ1) is 9.11. The zero-order chi connectivity index (χ0) is 14.3. The van der Waals surface area contributed by atoms with Crippen LogP contribution in [0.4, 0.5) is 0 Å². The highest BCUT2D eigenvalue weighted by Gasteiger charge is 2.19. The lowest BCUT2D eigenvalue weighted by Crippen LogP contribution is -2.35. The second kappa shape index (κ2) is 7.55. The van der Waals surface area contributed by atoms with E-state index in [2.05, 4.69) is 16.8 Å². The molecule has 1 aromatic heterocycles. The van der Waals surface area contributed by atoms with E-state index in [1.54, 1.807) is 30.3 Å². The molecule has 0 aliphatic heterocycles. The van der Waals surface area contributed by atoms with Crippen LogP contribution in [-0.4, -0.2) is 40.6 Å². The summed E-state index contributed by atoms with van der Waals surface area (Å²) < 4.78 is 0. The molecule has 1 amide bonds. The van der Waals surface area contributed by atoms with Crippen molar-refractivity contribution in [3.8, 4) is 11.8 Å². The van der Waals surface area contributed by atoms with E-state index in [0.29, 0.717) is 17.7 Å². The third kappa shape index (κ3) is 4.08. The van der Waals surface area contributed by atoms with E-state index in [9.17, 15) is 4.79 Å². The third-order valence-corrected chi connectivity index (χ3v) is 3.04. The standard InChI is InChI=1S/C15H20N2O2/c1-4-12(2)17(3)15(19)14-13(8-5-6-11-18)9-7-10-16-14/h7,9-10,12,18H,4,6,11H2,1-3H3. The van der Waals surface area contributed by atoms with Crippen LogP contribution in [-0.2, 0) is 0 Å². The summed E-state index contributed by atoms with van der Waals surface area (Å²) in [6.45, 7) is 4.05. The molecule has 1 rings (SSSR count). The van der Waals surface area contributed by atoms with Gasteiger partial charge >= 0.3 is 0 Å². The summed E-state index contributed by atoms with van der Waals surface area (Å²) >= 11 is 0. The van der Waals surface area contributed by atoms with Crippen LogP contribution < -0.4 is 0 Å². The molecule has 1 heterocycles. The van der Waals surface area contributed by atoms with Gasteiger partial charge in [0.2, 0.25) is 0 Å². The van der Waals surface area contributed by atoms with Crippen LogP contribution in [0.1, 0.15) is 42.7 Å². The van der Waals surface area contributed by atoms with Gasteiger partial charge in [-0.3, -0.25) is 4.79 Å². The van der Waals surface area contributed by atoms with Crippen molar-refractivity contribution in [2.75, 3.05) is 13.7 Å². The molecular weight excluding hydrogens is 240 g/mol. The molecule has 0 aromatic carbocycles. The normalized spacial score (nSPS) is 11.4. The topological polar surface area (TPSA) is 53.4 Å². The highest BCUT2D eigenvalue weighted by Crippen LogP contribution is 2.10. The Morgan fingerprint density at radius 2 is 2.32 bits per heavy atom. The zero-order valence-corrected chi connectivity index (χ0v) is 11.7. The predicted octanol–water partition coefficient (Wildman–Crippen LogP) is 1.69. The molecule has 4 heteroatoms. The fourth-order valence-corrected chi connectivity index (χ4v) is 1.53. The van der Waals surface area contributed by atoms with Crippen molar-refractivity contribution in [1.29, 1.82) is 0 Å². The summed E-state index contributed by atoms with van der Waals surface area (Å²) in [5, 5.41) is 8.72. The zero-order valence-electron chi connectivity index (χ0n) is 11.7. The minimum atomic E-state index is -0.122.